The van der Waals surface area contributed by atoms with Crippen LogP contribution in [0.25, 0.3) is 0 Å². The van der Waals surface area contributed by atoms with E-state index in [0.29, 0.717) is 17.9 Å². The van der Waals surface area contributed by atoms with Crippen molar-refractivity contribution in [3.63, 3.8) is 0 Å². The molecule has 1 unspecified atom stereocenters. The van der Waals surface area contributed by atoms with Crippen LogP contribution in [0.5, 0.6) is 0 Å². The van der Waals surface area contributed by atoms with Gasteiger partial charge in [-0.3, -0.25) is 0 Å². The Morgan fingerprint density at radius 2 is 1.81 bits per heavy atom. The predicted molar refractivity (Wildman–Crippen MR) is 64.2 cm³/mol. The van der Waals surface area contributed by atoms with E-state index in [4.69, 9.17) is 5.73 Å². The molecule has 1 atom stereocenters. The molecule has 1 aromatic carbocycles. The van der Waals surface area contributed by atoms with Crippen molar-refractivity contribution in [2.75, 3.05) is 6.54 Å². The first-order valence-electron chi connectivity index (χ1n) is 5.69. The minimum absolute atomic E-state index is 0.430. The minimum atomic E-state index is -0.509. The van der Waals surface area contributed by atoms with Crippen molar-refractivity contribution >= 4 is 0 Å². The summed E-state index contributed by atoms with van der Waals surface area (Å²) in [6.07, 6.45) is 1.69. The quantitative estimate of drug-likeness (QED) is 0.843. The van der Waals surface area contributed by atoms with E-state index in [1.165, 1.54) is 12.1 Å². The van der Waals surface area contributed by atoms with E-state index in [9.17, 15) is 8.78 Å². The Labute approximate surface area is 96.7 Å². The fourth-order valence-corrected chi connectivity index (χ4v) is 1.21. The molecule has 1 rings (SSSR count). The summed E-state index contributed by atoms with van der Waals surface area (Å²) in [7, 11) is 0. The Hall–Kier alpha value is -0.960. The highest BCUT2D eigenvalue weighted by Crippen LogP contribution is 2.15. The van der Waals surface area contributed by atoms with Gasteiger partial charge >= 0.3 is 0 Å². The second-order valence-corrected chi connectivity index (χ2v) is 3.86. The largest absolute Gasteiger partial charge is 0.331 e. The summed E-state index contributed by atoms with van der Waals surface area (Å²) in [4.78, 5) is 0. The molecule has 1 nitrogen and oxygen atoms in total. The summed E-state index contributed by atoms with van der Waals surface area (Å²) in [6.45, 7) is 6.77. The molecule has 0 aliphatic carbocycles. The zero-order valence-electron chi connectivity index (χ0n) is 10.3. The van der Waals surface area contributed by atoms with Crippen LogP contribution in [0.15, 0.2) is 18.2 Å². The van der Waals surface area contributed by atoms with Gasteiger partial charge in [0.2, 0.25) is 0 Å². The first-order chi connectivity index (χ1) is 7.54. The maximum absolute atomic E-state index is 13.1. The summed E-state index contributed by atoms with van der Waals surface area (Å²) in [5, 5.41) is 0. The maximum Gasteiger partial charge on any atom is 0.129 e. The van der Waals surface area contributed by atoms with Crippen molar-refractivity contribution in [3.8, 4) is 0 Å². The first kappa shape index (κ1) is 15.0. The monoisotopic (exact) mass is 229 g/mol. The number of benzene rings is 1. The van der Waals surface area contributed by atoms with E-state index < -0.39 is 11.6 Å². The van der Waals surface area contributed by atoms with Crippen molar-refractivity contribution in [1.82, 2.24) is 0 Å². The molecule has 2 N–H and O–H groups in total. The molecule has 92 valence electrons. The van der Waals surface area contributed by atoms with Crippen LogP contribution in [0.2, 0.25) is 0 Å². The number of hydrogen-bond donors (Lipinski definition) is 1. The Bertz CT molecular complexity index is 300. The zero-order valence-corrected chi connectivity index (χ0v) is 10.3. The highest BCUT2D eigenvalue weighted by Gasteiger charge is 2.06. The molecule has 0 aliphatic heterocycles. The molecule has 0 aliphatic rings. The third kappa shape index (κ3) is 5.81. The van der Waals surface area contributed by atoms with Gasteiger partial charge in [0.15, 0.2) is 0 Å². The molecule has 0 fully saturated rings. The van der Waals surface area contributed by atoms with Crippen LogP contribution in [0.1, 0.15) is 32.8 Å². The molecule has 0 bridgehead atoms. The van der Waals surface area contributed by atoms with E-state index in [-0.39, 0.29) is 0 Å². The lowest BCUT2D eigenvalue weighted by Crippen LogP contribution is -2.00. The van der Waals surface area contributed by atoms with Crippen LogP contribution in [0.4, 0.5) is 8.78 Å². The Balaban J connectivity index is 0.000000673. The van der Waals surface area contributed by atoms with Crippen molar-refractivity contribution in [2.45, 2.75) is 33.6 Å². The topological polar surface area (TPSA) is 26.0 Å². The van der Waals surface area contributed by atoms with E-state index in [1.54, 1.807) is 0 Å². The molecule has 1 aromatic rings. The molecule has 0 spiro atoms. The molecular formula is C13H21F2N. The maximum atomic E-state index is 13.1. The van der Waals surface area contributed by atoms with Crippen molar-refractivity contribution in [2.24, 2.45) is 11.7 Å². The molecule has 0 amide bonds. The minimum Gasteiger partial charge on any atom is -0.331 e. The highest BCUT2D eigenvalue weighted by atomic mass is 19.1. The van der Waals surface area contributed by atoms with Crippen LogP contribution < -0.4 is 5.73 Å². The van der Waals surface area contributed by atoms with Crippen LogP contribution in [-0.2, 0) is 6.42 Å². The van der Waals surface area contributed by atoms with E-state index in [1.807, 2.05) is 6.92 Å². The van der Waals surface area contributed by atoms with Crippen molar-refractivity contribution < 1.29 is 8.78 Å². The summed E-state index contributed by atoms with van der Waals surface area (Å²) in [5.41, 5.74) is 5.45. The van der Waals surface area contributed by atoms with Crippen LogP contribution in [0.3, 0.4) is 0 Å². The average molecular weight is 229 g/mol. The summed E-state index contributed by atoms with van der Waals surface area (Å²) < 4.78 is 25.6. The van der Waals surface area contributed by atoms with Gasteiger partial charge in [0, 0.05) is 6.07 Å². The molecule has 0 saturated carbocycles. The first-order valence-corrected chi connectivity index (χ1v) is 5.69. The van der Waals surface area contributed by atoms with Crippen LogP contribution in [-0.4, -0.2) is 6.54 Å². The SMILES string of the molecule is CCC(C)Cc1ccc(F)cc1F.CCN. The normalized spacial score (nSPS) is 11.6. The second-order valence-electron chi connectivity index (χ2n) is 3.86. The van der Waals surface area contributed by atoms with Gasteiger partial charge in [-0.2, -0.15) is 0 Å². The smallest absolute Gasteiger partial charge is 0.129 e. The molecule has 0 saturated heterocycles. The third-order valence-electron chi connectivity index (χ3n) is 2.28. The Kier molecular flexibility index (Phi) is 7.73. The molecule has 3 heteroatoms. The van der Waals surface area contributed by atoms with E-state index in [2.05, 4.69) is 13.8 Å². The third-order valence-corrected chi connectivity index (χ3v) is 2.28. The second kappa shape index (κ2) is 8.22. The summed E-state index contributed by atoms with van der Waals surface area (Å²) in [5.74, 6) is -0.495. The lowest BCUT2D eigenvalue weighted by molar-refractivity contribution is 0.522. The lowest BCUT2D eigenvalue weighted by atomic mass is 9.99. The summed E-state index contributed by atoms with van der Waals surface area (Å²) >= 11 is 0. The standard InChI is InChI=1S/C11H14F2.C2H7N/c1-3-8(2)6-9-4-5-10(12)7-11(9)13;1-2-3/h4-5,7-8H,3,6H2,1-2H3;2-3H2,1H3. The van der Waals surface area contributed by atoms with Crippen LogP contribution >= 0.6 is 0 Å². The number of halogens is 2. The molecular weight excluding hydrogens is 208 g/mol. The number of nitrogens with two attached hydrogens (primary N) is 1. The number of hydrogen-bond acceptors (Lipinski definition) is 1. The fraction of sp³-hybridized carbons (Fsp3) is 0.538. The van der Waals surface area contributed by atoms with E-state index in [0.717, 1.165) is 19.0 Å². The van der Waals surface area contributed by atoms with Gasteiger partial charge in [0.05, 0.1) is 0 Å². The molecule has 0 radical (unpaired) electrons. The lowest BCUT2D eigenvalue weighted by Gasteiger charge is -2.08. The number of rotatable bonds is 3. The zero-order chi connectivity index (χ0) is 12.6. The van der Waals surface area contributed by atoms with Gasteiger partial charge in [0.25, 0.3) is 0 Å². The molecule has 0 aromatic heterocycles. The predicted octanol–water partition coefficient (Wildman–Crippen LogP) is 3.52. The highest BCUT2D eigenvalue weighted by molar-refractivity contribution is 5.18. The molecule has 0 heterocycles. The van der Waals surface area contributed by atoms with Crippen molar-refractivity contribution in [1.29, 1.82) is 0 Å². The summed E-state index contributed by atoms with van der Waals surface area (Å²) in [6, 6.07) is 3.77. The van der Waals surface area contributed by atoms with Gasteiger partial charge in [-0.15, -0.1) is 0 Å². The van der Waals surface area contributed by atoms with Gasteiger partial charge < -0.3 is 5.73 Å². The molecule has 16 heavy (non-hydrogen) atoms. The Morgan fingerprint density at radius 3 is 2.25 bits per heavy atom. The van der Waals surface area contributed by atoms with Gasteiger partial charge in [-0.05, 0) is 30.5 Å². The Morgan fingerprint density at radius 1 is 1.25 bits per heavy atom. The van der Waals surface area contributed by atoms with Crippen LogP contribution in [0, 0.1) is 17.6 Å². The fourth-order valence-electron chi connectivity index (χ4n) is 1.21. The van der Waals surface area contributed by atoms with E-state index >= 15 is 0 Å². The van der Waals surface area contributed by atoms with Crippen molar-refractivity contribution in [3.05, 3.63) is 35.4 Å². The van der Waals surface area contributed by atoms with Gasteiger partial charge in [0.1, 0.15) is 11.6 Å². The van der Waals surface area contributed by atoms with Gasteiger partial charge in [-0.1, -0.05) is 33.3 Å². The average Bonchev–Trinajstić information content (AvgIpc) is 2.23. The van der Waals surface area contributed by atoms with Gasteiger partial charge in [-0.25, -0.2) is 8.78 Å².